The van der Waals surface area contributed by atoms with Crippen molar-refractivity contribution in [3.8, 4) is 0 Å². The molecule has 6 nitrogen and oxygen atoms in total. The molecule has 2 fully saturated rings. The molecule has 1 unspecified atom stereocenters. The highest BCUT2D eigenvalue weighted by Crippen LogP contribution is 2.43. The van der Waals surface area contributed by atoms with Gasteiger partial charge in [0.1, 0.15) is 0 Å². The zero-order valence-corrected chi connectivity index (χ0v) is 12.5. The van der Waals surface area contributed by atoms with E-state index in [1.165, 1.54) is 6.42 Å². The van der Waals surface area contributed by atoms with E-state index < -0.39 is 5.97 Å². The predicted molar refractivity (Wildman–Crippen MR) is 78.1 cm³/mol. The zero-order chi connectivity index (χ0) is 15.1. The third-order valence-corrected chi connectivity index (χ3v) is 4.59. The van der Waals surface area contributed by atoms with Gasteiger partial charge in [0.05, 0.1) is 12.5 Å². The number of amides is 2. The average Bonchev–Trinajstić information content (AvgIpc) is 2.42. The number of ether oxygens (including phenoxy) is 1. The van der Waals surface area contributed by atoms with Crippen molar-refractivity contribution in [3.05, 3.63) is 0 Å². The molecule has 2 amide bonds. The lowest BCUT2D eigenvalue weighted by molar-refractivity contribution is -0.141. The van der Waals surface area contributed by atoms with E-state index in [4.69, 9.17) is 9.84 Å². The summed E-state index contributed by atoms with van der Waals surface area (Å²) in [7, 11) is 0. The number of carboxylic acid groups (broad SMARTS) is 1. The van der Waals surface area contributed by atoms with Crippen LogP contribution in [-0.4, -0.2) is 42.9 Å². The smallest absolute Gasteiger partial charge is 0.314 e. The fourth-order valence-corrected chi connectivity index (χ4v) is 3.13. The van der Waals surface area contributed by atoms with Gasteiger partial charge in [-0.1, -0.05) is 6.42 Å². The number of rotatable bonds is 7. The Morgan fingerprint density at radius 2 is 2.00 bits per heavy atom. The molecule has 1 atom stereocenters. The predicted octanol–water partition coefficient (Wildman–Crippen LogP) is 1.89. The van der Waals surface area contributed by atoms with Crippen LogP contribution in [0.2, 0.25) is 0 Å². The molecule has 1 saturated heterocycles. The quantitative estimate of drug-likeness (QED) is 0.670. The Bertz CT molecular complexity index is 363. The van der Waals surface area contributed by atoms with Gasteiger partial charge in [0, 0.05) is 19.7 Å². The minimum atomic E-state index is -0.786. The van der Waals surface area contributed by atoms with Crippen molar-refractivity contribution in [2.75, 3.05) is 19.7 Å². The Kier molecular flexibility index (Phi) is 5.85. The van der Waals surface area contributed by atoms with Crippen LogP contribution in [0.1, 0.15) is 51.4 Å². The van der Waals surface area contributed by atoms with Gasteiger partial charge < -0.3 is 20.5 Å². The molecule has 0 aromatic heterocycles. The Hall–Kier alpha value is -1.30. The van der Waals surface area contributed by atoms with Crippen molar-refractivity contribution in [3.63, 3.8) is 0 Å². The summed E-state index contributed by atoms with van der Waals surface area (Å²) in [4.78, 5) is 22.6. The first-order chi connectivity index (χ1) is 10.1. The summed E-state index contributed by atoms with van der Waals surface area (Å²) >= 11 is 0. The molecule has 1 aliphatic heterocycles. The second-order valence-electron chi connectivity index (χ2n) is 6.31. The molecule has 2 aliphatic rings. The van der Waals surface area contributed by atoms with E-state index >= 15 is 0 Å². The van der Waals surface area contributed by atoms with Crippen molar-refractivity contribution in [2.24, 2.45) is 5.41 Å². The zero-order valence-electron chi connectivity index (χ0n) is 12.5. The van der Waals surface area contributed by atoms with Crippen LogP contribution in [0, 0.1) is 5.41 Å². The third-order valence-electron chi connectivity index (χ3n) is 4.59. The minimum Gasteiger partial charge on any atom is -0.481 e. The molecule has 1 saturated carbocycles. The first-order valence-electron chi connectivity index (χ1n) is 7.95. The molecule has 1 aliphatic carbocycles. The lowest BCUT2D eigenvalue weighted by Gasteiger charge is -2.40. The van der Waals surface area contributed by atoms with E-state index in [9.17, 15) is 9.59 Å². The topological polar surface area (TPSA) is 87.7 Å². The summed E-state index contributed by atoms with van der Waals surface area (Å²) in [6, 6.07) is -0.206. The van der Waals surface area contributed by atoms with Crippen molar-refractivity contribution in [2.45, 2.75) is 57.5 Å². The third kappa shape index (κ3) is 5.19. The average molecular weight is 298 g/mol. The number of carboxylic acids is 1. The first kappa shape index (κ1) is 16.1. The first-order valence-corrected chi connectivity index (χ1v) is 7.95. The van der Waals surface area contributed by atoms with Crippen LogP contribution in [0.5, 0.6) is 0 Å². The van der Waals surface area contributed by atoms with Crippen LogP contribution in [0.3, 0.4) is 0 Å². The van der Waals surface area contributed by atoms with Gasteiger partial charge in [0.2, 0.25) is 0 Å². The monoisotopic (exact) mass is 298 g/mol. The Labute approximate surface area is 125 Å². The molecular formula is C15H26N2O4. The summed E-state index contributed by atoms with van der Waals surface area (Å²) in [5.74, 6) is -0.786. The molecule has 120 valence electrons. The Balaban J connectivity index is 1.59. The molecule has 0 spiro atoms. The van der Waals surface area contributed by atoms with E-state index in [1.54, 1.807) is 0 Å². The summed E-state index contributed by atoms with van der Waals surface area (Å²) in [5, 5.41) is 14.6. The van der Waals surface area contributed by atoms with Gasteiger partial charge in [-0.3, -0.25) is 4.79 Å². The van der Waals surface area contributed by atoms with Gasteiger partial charge >= 0.3 is 12.0 Å². The lowest BCUT2D eigenvalue weighted by Crippen LogP contribution is -2.47. The van der Waals surface area contributed by atoms with Gasteiger partial charge in [0.15, 0.2) is 0 Å². The maximum absolute atomic E-state index is 11.7. The van der Waals surface area contributed by atoms with Gasteiger partial charge in [-0.05, 0) is 43.9 Å². The largest absolute Gasteiger partial charge is 0.481 e. The summed E-state index contributed by atoms with van der Waals surface area (Å²) < 4.78 is 5.61. The van der Waals surface area contributed by atoms with Gasteiger partial charge in [-0.15, -0.1) is 0 Å². The second kappa shape index (κ2) is 7.64. The van der Waals surface area contributed by atoms with Crippen molar-refractivity contribution in [1.82, 2.24) is 10.6 Å². The molecule has 2 rings (SSSR count). The number of nitrogens with one attached hydrogen (secondary N) is 2. The minimum absolute atomic E-state index is 0.142. The number of hydrogen-bond donors (Lipinski definition) is 3. The van der Waals surface area contributed by atoms with E-state index in [0.29, 0.717) is 13.1 Å². The van der Waals surface area contributed by atoms with E-state index in [1.807, 2.05) is 0 Å². The number of urea groups is 1. The second-order valence-corrected chi connectivity index (χ2v) is 6.31. The van der Waals surface area contributed by atoms with Gasteiger partial charge in [-0.2, -0.15) is 0 Å². The highest BCUT2D eigenvalue weighted by Gasteiger charge is 2.39. The molecule has 21 heavy (non-hydrogen) atoms. The number of hydrogen-bond acceptors (Lipinski definition) is 3. The van der Waals surface area contributed by atoms with E-state index in [2.05, 4.69) is 10.6 Å². The van der Waals surface area contributed by atoms with Crippen molar-refractivity contribution >= 4 is 12.0 Å². The SMILES string of the molecule is O=C(O)CC1(CNC(=O)NCCC2CCCCO2)CCC1. The Morgan fingerprint density at radius 1 is 1.19 bits per heavy atom. The van der Waals surface area contributed by atoms with E-state index in [-0.39, 0.29) is 24.0 Å². The number of carbonyl (C=O) groups is 2. The highest BCUT2D eigenvalue weighted by molar-refractivity contribution is 5.74. The van der Waals surface area contributed by atoms with Crippen molar-refractivity contribution in [1.29, 1.82) is 0 Å². The molecule has 1 heterocycles. The fraction of sp³-hybridized carbons (Fsp3) is 0.867. The summed E-state index contributed by atoms with van der Waals surface area (Å²) in [6.45, 7) is 1.88. The van der Waals surface area contributed by atoms with Crippen LogP contribution in [0.15, 0.2) is 0 Å². The van der Waals surface area contributed by atoms with Crippen LogP contribution in [-0.2, 0) is 9.53 Å². The number of carbonyl (C=O) groups excluding carboxylic acids is 1. The van der Waals surface area contributed by atoms with Gasteiger partial charge in [0.25, 0.3) is 0 Å². The molecule has 0 aromatic carbocycles. The maximum Gasteiger partial charge on any atom is 0.314 e. The van der Waals surface area contributed by atoms with Gasteiger partial charge in [-0.25, -0.2) is 4.79 Å². The van der Waals surface area contributed by atoms with Crippen LogP contribution < -0.4 is 10.6 Å². The lowest BCUT2D eigenvalue weighted by atomic mass is 9.66. The fourth-order valence-electron chi connectivity index (χ4n) is 3.13. The molecule has 0 radical (unpaired) electrons. The van der Waals surface area contributed by atoms with Crippen molar-refractivity contribution < 1.29 is 19.4 Å². The molecule has 6 heteroatoms. The highest BCUT2D eigenvalue weighted by atomic mass is 16.5. The standard InChI is InChI=1S/C15H26N2O4/c18-13(19)10-15(6-3-7-15)11-17-14(20)16-8-5-12-4-1-2-9-21-12/h12H,1-11H2,(H,18,19)(H2,16,17,20). The summed E-state index contributed by atoms with van der Waals surface area (Å²) in [6.07, 6.45) is 7.48. The maximum atomic E-state index is 11.7. The molecule has 0 aromatic rings. The Morgan fingerprint density at radius 3 is 2.57 bits per heavy atom. The molecule has 3 N–H and O–H groups in total. The van der Waals surface area contributed by atoms with E-state index in [0.717, 1.165) is 45.1 Å². The molecule has 0 bridgehead atoms. The van der Waals surface area contributed by atoms with Crippen LogP contribution in [0.25, 0.3) is 0 Å². The van der Waals surface area contributed by atoms with Crippen LogP contribution in [0.4, 0.5) is 4.79 Å². The normalized spacial score (nSPS) is 23.9. The number of aliphatic carboxylic acids is 1. The van der Waals surface area contributed by atoms with Crippen LogP contribution >= 0.6 is 0 Å². The molecular weight excluding hydrogens is 272 g/mol. The summed E-state index contributed by atoms with van der Waals surface area (Å²) in [5.41, 5.74) is -0.227.